The molecule has 0 spiro atoms. The molecule has 0 aliphatic rings. The fourth-order valence-corrected chi connectivity index (χ4v) is 2.76. The van der Waals surface area contributed by atoms with Crippen LogP contribution in [0.25, 0.3) is 0 Å². The zero-order valence-corrected chi connectivity index (χ0v) is 13.4. The Morgan fingerprint density at radius 3 is 1.33 bits per heavy atom. The van der Waals surface area contributed by atoms with Crippen LogP contribution in [0.1, 0.15) is 25.7 Å². The highest BCUT2D eigenvalue weighted by molar-refractivity contribution is 8.02. The van der Waals surface area contributed by atoms with Crippen LogP contribution in [0.4, 0.5) is 0 Å². The maximum atomic E-state index is 8.24. The number of nitrogens with zero attached hydrogens (tertiary/aromatic N) is 5. The van der Waals surface area contributed by atoms with Crippen molar-refractivity contribution in [1.82, 2.24) is 0 Å². The lowest BCUT2D eigenvalue weighted by Crippen LogP contribution is -1.92. The average molecular weight is 319 g/mol. The van der Waals surface area contributed by atoms with E-state index < -0.39 is 5.92 Å². The predicted octanol–water partition coefficient (Wildman–Crippen LogP) is 3.23. The van der Waals surface area contributed by atoms with Gasteiger partial charge >= 0.3 is 0 Å². The van der Waals surface area contributed by atoms with Crippen molar-refractivity contribution in [1.29, 1.82) is 26.3 Å². The van der Waals surface area contributed by atoms with Gasteiger partial charge < -0.3 is 0 Å². The fourth-order valence-electron chi connectivity index (χ4n) is 0.941. The molecule has 0 unspecified atom stereocenters. The Morgan fingerprint density at radius 1 is 0.619 bits per heavy atom. The minimum absolute atomic E-state index is 0.157. The summed E-state index contributed by atoms with van der Waals surface area (Å²) in [7, 11) is 0. The van der Waals surface area contributed by atoms with Crippen LogP contribution >= 0.6 is 23.5 Å². The highest BCUT2D eigenvalue weighted by atomic mass is 32.2. The van der Waals surface area contributed by atoms with E-state index in [0.29, 0.717) is 12.8 Å². The quantitative estimate of drug-likeness (QED) is 0.598. The molecule has 0 heterocycles. The molecule has 0 fully saturated rings. The Balaban J connectivity index is 0. The molecule has 0 aromatic rings. The third-order valence-electron chi connectivity index (χ3n) is 1.95. The topological polar surface area (TPSA) is 119 Å². The maximum Gasteiger partial charge on any atom is 0.0723 e. The predicted molar refractivity (Wildman–Crippen MR) is 84.7 cm³/mol. The molecule has 0 aliphatic heterocycles. The summed E-state index contributed by atoms with van der Waals surface area (Å²) in [5, 5.41) is 40.9. The number of thioether (sulfide) groups is 2. The SMILES string of the molecule is N#CCC(C#N)CC#N.N#CCCSCCSCCC#N. The van der Waals surface area contributed by atoms with Gasteiger partial charge in [0, 0.05) is 35.9 Å². The van der Waals surface area contributed by atoms with Gasteiger partial charge in [0.05, 0.1) is 49.1 Å². The summed E-state index contributed by atoms with van der Waals surface area (Å²) < 4.78 is 0. The second kappa shape index (κ2) is 20.5. The standard InChI is InChI=1S/C8H12N2S2.C6H5N3/c9-3-1-5-11-7-8-12-6-2-4-10;7-3-1-6(5-9)2-4-8/h1-2,5-8H2;6H,1-2H2. The number of hydrogen-bond acceptors (Lipinski definition) is 7. The number of nitriles is 5. The lowest BCUT2D eigenvalue weighted by atomic mass is 10.1. The molecule has 0 rings (SSSR count). The molecule has 7 heteroatoms. The summed E-state index contributed by atoms with van der Waals surface area (Å²) >= 11 is 3.62. The first-order valence-electron chi connectivity index (χ1n) is 6.29. The van der Waals surface area contributed by atoms with Gasteiger partial charge in [0.2, 0.25) is 0 Å². The Morgan fingerprint density at radius 2 is 1.05 bits per heavy atom. The van der Waals surface area contributed by atoms with Gasteiger partial charge in [-0.2, -0.15) is 49.8 Å². The van der Waals surface area contributed by atoms with Gasteiger partial charge in [-0.1, -0.05) is 0 Å². The lowest BCUT2D eigenvalue weighted by molar-refractivity contribution is 0.704. The van der Waals surface area contributed by atoms with Gasteiger partial charge in [-0.15, -0.1) is 0 Å². The largest absolute Gasteiger partial charge is 0.198 e. The molecule has 21 heavy (non-hydrogen) atoms. The molecule has 0 amide bonds. The molecular formula is C14H17N5S2. The summed E-state index contributed by atoms with van der Waals surface area (Å²) in [6, 6.07) is 9.74. The summed E-state index contributed by atoms with van der Waals surface area (Å²) in [5.41, 5.74) is 0. The first-order valence-corrected chi connectivity index (χ1v) is 8.60. The lowest BCUT2D eigenvalue weighted by Gasteiger charge is -1.97. The minimum atomic E-state index is -0.403. The van der Waals surface area contributed by atoms with Crippen molar-refractivity contribution in [3.05, 3.63) is 0 Å². The maximum absolute atomic E-state index is 8.24. The summed E-state index contributed by atoms with van der Waals surface area (Å²) in [6.45, 7) is 0. The van der Waals surface area contributed by atoms with Gasteiger partial charge in [-0.25, -0.2) is 0 Å². The molecular weight excluding hydrogens is 302 g/mol. The Bertz CT molecular complexity index is 408. The molecule has 110 valence electrons. The van der Waals surface area contributed by atoms with Gasteiger partial charge in [-0.3, -0.25) is 0 Å². The Hall–Kier alpha value is -1.85. The molecule has 0 bridgehead atoms. The van der Waals surface area contributed by atoms with Crippen LogP contribution in [0.2, 0.25) is 0 Å². The van der Waals surface area contributed by atoms with E-state index in [4.69, 9.17) is 26.3 Å². The molecule has 0 saturated carbocycles. The molecule has 0 atom stereocenters. The van der Waals surface area contributed by atoms with Crippen LogP contribution in [-0.4, -0.2) is 23.0 Å². The van der Waals surface area contributed by atoms with E-state index in [0.717, 1.165) is 23.0 Å². The van der Waals surface area contributed by atoms with Crippen LogP contribution in [0, 0.1) is 62.6 Å². The van der Waals surface area contributed by atoms with E-state index in [1.165, 1.54) is 0 Å². The van der Waals surface area contributed by atoms with Crippen LogP contribution in [0.15, 0.2) is 0 Å². The van der Waals surface area contributed by atoms with E-state index in [-0.39, 0.29) is 12.8 Å². The van der Waals surface area contributed by atoms with Crippen LogP contribution in [-0.2, 0) is 0 Å². The molecule has 0 N–H and O–H groups in total. The van der Waals surface area contributed by atoms with Gasteiger partial charge in [0.1, 0.15) is 0 Å². The smallest absolute Gasteiger partial charge is 0.0723 e. The summed E-state index contributed by atoms with van der Waals surface area (Å²) in [5.74, 6) is 3.67. The molecule has 0 saturated heterocycles. The zero-order chi connectivity index (χ0) is 16.2. The monoisotopic (exact) mass is 319 g/mol. The zero-order valence-electron chi connectivity index (χ0n) is 11.8. The fraction of sp³-hybridized carbons (Fsp3) is 0.643. The third kappa shape index (κ3) is 20.6. The highest BCUT2D eigenvalue weighted by Crippen LogP contribution is 2.08. The van der Waals surface area contributed by atoms with Crippen molar-refractivity contribution in [3.8, 4) is 30.3 Å². The van der Waals surface area contributed by atoms with Gasteiger partial charge in [-0.05, 0) is 0 Å². The van der Waals surface area contributed by atoms with E-state index in [2.05, 4.69) is 12.1 Å². The molecule has 0 aromatic heterocycles. The molecule has 0 aromatic carbocycles. The first kappa shape index (κ1) is 21.4. The van der Waals surface area contributed by atoms with E-state index >= 15 is 0 Å². The van der Waals surface area contributed by atoms with Gasteiger partial charge in [0.15, 0.2) is 0 Å². The van der Waals surface area contributed by atoms with Crippen LogP contribution in [0.5, 0.6) is 0 Å². The Kier molecular flexibility index (Phi) is 20.9. The first-order chi connectivity index (χ1) is 10.3. The third-order valence-corrected chi connectivity index (χ3v) is 4.18. The average Bonchev–Trinajstić information content (AvgIpc) is 2.50. The van der Waals surface area contributed by atoms with Crippen molar-refractivity contribution >= 4 is 23.5 Å². The van der Waals surface area contributed by atoms with E-state index in [1.807, 2.05) is 41.7 Å². The molecule has 0 radical (unpaired) electrons. The van der Waals surface area contributed by atoms with Crippen molar-refractivity contribution in [2.24, 2.45) is 5.92 Å². The van der Waals surface area contributed by atoms with Crippen molar-refractivity contribution in [2.75, 3.05) is 23.0 Å². The van der Waals surface area contributed by atoms with Crippen molar-refractivity contribution < 1.29 is 0 Å². The summed E-state index contributed by atoms with van der Waals surface area (Å²) in [6.07, 6.45) is 1.61. The highest BCUT2D eigenvalue weighted by Gasteiger charge is 2.03. The minimum Gasteiger partial charge on any atom is -0.198 e. The normalized spacial score (nSPS) is 8.19. The number of hydrogen-bond donors (Lipinski definition) is 0. The van der Waals surface area contributed by atoms with Crippen molar-refractivity contribution in [3.63, 3.8) is 0 Å². The van der Waals surface area contributed by atoms with Gasteiger partial charge in [0.25, 0.3) is 0 Å². The Labute approximate surface area is 135 Å². The second-order valence-electron chi connectivity index (χ2n) is 3.59. The summed E-state index contributed by atoms with van der Waals surface area (Å²) in [4.78, 5) is 0. The molecule has 5 nitrogen and oxygen atoms in total. The molecule has 0 aliphatic carbocycles. The number of rotatable bonds is 9. The second-order valence-corrected chi connectivity index (χ2v) is 6.04. The van der Waals surface area contributed by atoms with E-state index in [1.54, 1.807) is 0 Å². The van der Waals surface area contributed by atoms with Crippen LogP contribution < -0.4 is 0 Å². The van der Waals surface area contributed by atoms with E-state index in [9.17, 15) is 0 Å². The van der Waals surface area contributed by atoms with Crippen molar-refractivity contribution in [2.45, 2.75) is 25.7 Å². The van der Waals surface area contributed by atoms with Crippen LogP contribution in [0.3, 0.4) is 0 Å².